The first-order chi connectivity index (χ1) is 9.00. The third-order valence-corrected chi connectivity index (χ3v) is 4.34. The van der Waals surface area contributed by atoms with Crippen molar-refractivity contribution in [3.05, 3.63) is 0 Å². The number of amides is 2. The summed E-state index contributed by atoms with van der Waals surface area (Å²) in [5.74, 6) is -0.920. The fourth-order valence-electron chi connectivity index (χ4n) is 3.13. The van der Waals surface area contributed by atoms with Crippen LogP contribution in [0.4, 0.5) is 4.79 Å². The van der Waals surface area contributed by atoms with Gasteiger partial charge in [-0.15, -0.1) is 0 Å². The molecule has 0 bridgehead atoms. The van der Waals surface area contributed by atoms with E-state index in [4.69, 9.17) is 5.73 Å². The number of carbonyl (C=O) groups excluding carboxylic acids is 1. The minimum atomic E-state index is -0.923. The summed E-state index contributed by atoms with van der Waals surface area (Å²) in [7, 11) is 0. The molecule has 0 radical (unpaired) electrons. The van der Waals surface area contributed by atoms with Crippen LogP contribution in [0.2, 0.25) is 0 Å². The van der Waals surface area contributed by atoms with E-state index in [1.807, 2.05) is 6.92 Å². The molecule has 0 aromatic heterocycles. The molecule has 2 amide bonds. The normalized spacial score (nSPS) is 35.2. The van der Waals surface area contributed by atoms with Crippen LogP contribution in [0.1, 0.15) is 39.0 Å². The van der Waals surface area contributed by atoms with E-state index < -0.39 is 12.0 Å². The summed E-state index contributed by atoms with van der Waals surface area (Å²) in [4.78, 5) is 24.9. The van der Waals surface area contributed by atoms with Crippen LogP contribution in [0.25, 0.3) is 0 Å². The highest BCUT2D eigenvalue weighted by atomic mass is 16.4. The summed E-state index contributed by atoms with van der Waals surface area (Å²) in [5.41, 5.74) is 6.00. The Morgan fingerprint density at radius 3 is 2.58 bits per heavy atom. The van der Waals surface area contributed by atoms with Crippen LogP contribution in [-0.2, 0) is 4.79 Å². The Kier molecular flexibility index (Phi) is 4.29. The van der Waals surface area contributed by atoms with Gasteiger partial charge in [-0.05, 0) is 25.2 Å². The zero-order valence-corrected chi connectivity index (χ0v) is 11.3. The predicted octanol–water partition coefficient (Wildman–Crippen LogP) is 0.761. The summed E-state index contributed by atoms with van der Waals surface area (Å²) in [6, 6.07) is -1.02. The highest BCUT2D eigenvalue weighted by molar-refractivity contribution is 5.83. The molecule has 2 fully saturated rings. The van der Waals surface area contributed by atoms with Crippen molar-refractivity contribution in [1.29, 1.82) is 0 Å². The summed E-state index contributed by atoms with van der Waals surface area (Å²) < 4.78 is 0. The van der Waals surface area contributed by atoms with Gasteiger partial charge in [0, 0.05) is 18.6 Å². The molecular formula is C13H23N3O3. The van der Waals surface area contributed by atoms with E-state index in [1.165, 1.54) is 4.90 Å². The Hall–Kier alpha value is -1.30. The lowest BCUT2D eigenvalue weighted by Crippen LogP contribution is -2.55. The Morgan fingerprint density at radius 1 is 1.26 bits per heavy atom. The maximum absolute atomic E-state index is 12.2. The molecule has 1 saturated carbocycles. The largest absolute Gasteiger partial charge is 0.480 e. The van der Waals surface area contributed by atoms with Crippen molar-refractivity contribution < 1.29 is 14.7 Å². The number of nitrogens with zero attached hydrogens (tertiary/aromatic N) is 1. The minimum Gasteiger partial charge on any atom is -0.480 e. The molecule has 4 N–H and O–H groups in total. The van der Waals surface area contributed by atoms with Gasteiger partial charge in [0.2, 0.25) is 0 Å². The van der Waals surface area contributed by atoms with E-state index in [0.29, 0.717) is 6.54 Å². The number of rotatable bonds is 2. The molecule has 108 valence electrons. The Bertz CT molecular complexity index is 361. The van der Waals surface area contributed by atoms with E-state index in [-0.39, 0.29) is 24.0 Å². The summed E-state index contributed by atoms with van der Waals surface area (Å²) in [5, 5.41) is 12.1. The van der Waals surface area contributed by atoms with Crippen molar-refractivity contribution in [3.63, 3.8) is 0 Å². The number of nitrogens with two attached hydrogens (primary N) is 1. The molecule has 2 aliphatic rings. The lowest BCUT2D eigenvalue weighted by molar-refractivity contribution is -0.142. The lowest BCUT2D eigenvalue weighted by Gasteiger charge is -2.32. The van der Waals surface area contributed by atoms with Crippen LogP contribution < -0.4 is 11.1 Å². The molecule has 0 spiro atoms. The molecule has 6 nitrogen and oxygen atoms in total. The second-order valence-electron chi connectivity index (χ2n) is 5.75. The molecule has 1 aliphatic carbocycles. The monoisotopic (exact) mass is 269 g/mol. The average Bonchev–Trinajstić information content (AvgIpc) is 2.74. The van der Waals surface area contributed by atoms with E-state index in [1.54, 1.807) is 0 Å². The molecule has 1 saturated heterocycles. The number of hydrogen-bond donors (Lipinski definition) is 3. The van der Waals surface area contributed by atoms with E-state index in [9.17, 15) is 14.7 Å². The summed E-state index contributed by atoms with van der Waals surface area (Å²) in [6.45, 7) is 2.38. The summed E-state index contributed by atoms with van der Waals surface area (Å²) in [6.07, 6.45) is 4.71. The van der Waals surface area contributed by atoms with Gasteiger partial charge in [0.05, 0.1) is 0 Å². The van der Waals surface area contributed by atoms with Crippen LogP contribution in [0.5, 0.6) is 0 Å². The number of likely N-dealkylation sites (tertiary alicyclic amines) is 1. The fraction of sp³-hybridized carbons (Fsp3) is 0.846. The smallest absolute Gasteiger partial charge is 0.326 e. The van der Waals surface area contributed by atoms with E-state index in [0.717, 1.165) is 32.1 Å². The first-order valence-electron chi connectivity index (χ1n) is 7.06. The van der Waals surface area contributed by atoms with Crippen LogP contribution in [0.3, 0.4) is 0 Å². The summed E-state index contributed by atoms with van der Waals surface area (Å²) >= 11 is 0. The number of hydrogen-bond acceptors (Lipinski definition) is 3. The fourth-order valence-corrected chi connectivity index (χ4v) is 3.13. The molecule has 4 unspecified atom stereocenters. The van der Waals surface area contributed by atoms with Crippen molar-refractivity contribution in [2.75, 3.05) is 6.54 Å². The van der Waals surface area contributed by atoms with Crippen LogP contribution >= 0.6 is 0 Å². The van der Waals surface area contributed by atoms with Gasteiger partial charge in [-0.2, -0.15) is 0 Å². The number of urea groups is 1. The van der Waals surface area contributed by atoms with Crippen LogP contribution in [-0.4, -0.2) is 46.7 Å². The van der Waals surface area contributed by atoms with Crippen molar-refractivity contribution in [1.82, 2.24) is 10.2 Å². The number of nitrogens with one attached hydrogen (secondary N) is 1. The third-order valence-electron chi connectivity index (χ3n) is 4.34. The highest BCUT2D eigenvalue weighted by Gasteiger charge is 2.40. The minimum absolute atomic E-state index is 0.00304. The molecule has 1 aliphatic heterocycles. The molecule has 6 heteroatoms. The van der Waals surface area contributed by atoms with Crippen LogP contribution in [0, 0.1) is 5.92 Å². The van der Waals surface area contributed by atoms with Gasteiger partial charge in [-0.1, -0.05) is 19.8 Å². The third kappa shape index (κ3) is 3.00. The van der Waals surface area contributed by atoms with E-state index >= 15 is 0 Å². The predicted molar refractivity (Wildman–Crippen MR) is 70.7 cm³/mol. The average molecular weight is 269 g/mol. The Morgan fingerprint density at radius 2 is 1.95 bits per heavy atom. The Balaban J connectivity index is 1.97. The van der Waals surface area contributed by atoms with E-state index in [2.05, 4.69) is 5.32 Å². The van der Waals surface area contributed by atoms with Gasteiger partial charge in [0.1, 0.15) is 6.04 Å². The molecule has 1 heterocycles. The second kappa shape index (κ2) is 5.77. The van der Waals surface area contributed by atoms with Gasteiger partial charge < -0.3 is 21.1 Å². The first kappa shape index (κ1) is 14.1. The van der Waals surface area contributed by atoms with Gasteiger partial charge in [-0.25, -0.2) is 9.59 Å². The van der Waals surface area contributed by atoms with Crippen molar-refractivity contribution in [3.8, 4) is 0 Å². The van der Waals surface area contributed by atoms with Gasteiger partial charge >= 0.3 is 12.0 Å². The molecular weight excluding hydrogens is 246 g/mol. The molecule has 2 rings (SSSR count). The van der Waals surface area contributed by atoms with Crippen molar-refractivity contribution in [2.24, 2.45) is 11.7 Å². The van der Waals surface area contributed by atoms with Crippen molar-refractivity contribution >= 4 is 12.0 Å². The number of carbonyl (C=O) groups is 2. The quantitative estimate of drug-likeness (QED) is 0.689. The first-order valence-corrected chi connectivity index (χ1v) is 7.06. The lowest BCUT2D eigenvalue weighted by atomic mass is 9.91. The standard InChI is InChI=1S/C13H23N3O3/c1-8-6-7-16(11(8)12(17)18)13(19)15-10-5-3-2-4-9(10)14/h8-11H,2-7,14H2,1H3,(H,15,19)(H,17,18). The molecule has 0 aromatic carbocycles. The SMILES string of the molecule is CC1CCN(C(=O)NC2CCCCC2N)C1C(=O)O. The number of carboxylic acids is 1. The Labute approximate surface area is 113 Å². The topological polar surface area (TPSA) is 95.7 Å². The maximum Gasteiger partial charge on any atom is 0.326 e. The van der Waals surface area contributed by atoms with Gasteiger partial charge in [0.25, 0.3) is 0 Å². The zero-order valence-electron chi connectivity index (χ0n) is 11.3. The highest BCUT2D eigenvalue weighted by Crippen LogP contribution is 2.25. The van der Waals surface area contributed by atoms with Crippen molar-refractivity contribution in [2.45, 2.75) is 57.2 Å². The molecule has 4 atom stereocenters. The van der Waals surface area contributed by atoms with Gasteiger partial charge in [0.15, 0.2) is 0 Å². The van der Waals surface area contributed by atoms with Crippen LogP contribution in [0.15, 0.2) is 0 Å². The maximum atomic E-state index is 12.2. The second-order valence-corrected chi connectivity index (χ2v) is 5.75. The number of carboxylic acid groups (broad SMARTS) is 1. The molecule has 0 aromatic rings. The molecule has 19 heavy (non-hydrogen) atoms. The number of aliphatic carboxylic acids is 1. The zero-order chi connectivity index (χ0) is 14.0. The van der Waals surface area contributed by atoms with Gasteiger partial charge in [-0.3, -0.25) is 0 Å².